The third-order valence-corrected chi connectivity index (χ3v) is 2.42. The van der Waals surface area contributed by atoms with Gasteiger partial charge in [0.05, 0.1) is 0 Å². The van der Waals surface area contributed by atoms with Crippen molar-refractivity contribution in [3.63, 3.8) is 0 Å². The zero-order valence-electron chi connectivity index (χ0n) is 9.87. The van der Waals surface area contributed by atoms with Crippen molar-refractivity contribution in [1.82, 2.24) is 0 Å². The highest BCUT2D eigenvalue weighted by Crippen LogP contribution is 2.25. The highest BCUT2D eigenvalue weighted by atomic mass is 19.1. The molecule has 3 N–H and O–H groups in total. The van der Waals surface area contributed by atoms with E-state index in [4.69, 9.17) is 15.6 Å². The lowest BCUT2D eigenvalue weighted by Crippen LogP contribution is -2.27. The van der Waals surface area contributed by atoms with Gasteiger partial charge < -0.3 is 15.6 Å². The van der Waals surface area contributed by atoms with Crippen molar-refractivity contribution in [1.29, 1.82) is 0 Å². The van der Waals surface area contributed by atoms with Gasteiger partial charge in [-0.15, -0.1) is 0 Å². The van der Waals surface area contributed by atoms with Gasteiger partial charge in [-0.25, -0.2) is 9.18 Å². The van der Waals surface area contributed by atoms with Gasteiger partial charge in [-0.05, 0) is 25.0 Å². The fourth-order valence-electron chi connectivity index (χ4n) is 1.41. The monoisotopic (exact) mass is 241 g/mol. The third kappa shape index (κ3) is 3.34. The normalized spacial score (nSPS) is 12.2. The van der Waals surface area contributed by atoms with Crippen molar-refractivity contribution in [2.24, 2.45) is 0 Å². The zero-order chi connectivity index (χ0) is 13.0. The van der Waals surface area contributed by atoms with Crippen LogP contribution < -0.4 is 10.5 Å². The predicted molar refractivity (Wildman–Crippen MR) is 62.5 cm³/mol. The van der Waals surface area contributed by atoms with Crippen LogP contribution in [0.4, 0.5) is 10.1 Å². The first kappa shape index (κ1) is 13.3. The van der Waals surface area contributed by atoms with Crippen molar-refractivity contribution in [2.75, 3.05) is 5.73 Å². The summed E-state index contributed by atoms with van der Waals surface area (Å²) in [4.78, 5) is 10.9. The Hall–Kier alpha value is -1.78. The highest BCUT2D eigenvalue weighted by Gasteiger charge is 2.20. The Kier molecular flexibility index (Phi) is 4.31. The number of anilines is 1. The summed E-state index contributed by atoms with van der Waals surface area (Å²) in [6, 6.07) is 2.55. The second-order valence-corrected chi connectivity index (χ2v) is 3.87. The van der Waals surface area contributed by atoms with E-state index in [-0.39, 0.29) is 5.75 Å². The van der Waals surface area contributed by atoms with Crippen LogP contribution in [0.15, 0.2) is 12.1 Å². The lowest BCUT2D eigenvalue weighted by atomic mass is 10.1. The van der Waals surface area contributed by atoms with Gasteiger partial charge in [0.1, 0.15) is 0 Å². The number of carboxylic acid groups (broad SMARTS) is 1. The van der Waals surface area contributed by atoms with Gasteiger partial charge >= 0.3 is 5.97 Å². The van der Waals surface area contributed by atoms with E-state index in [1.165, 1.54) is 6.07 Å². The summed E-state index contributed by atoms with van der Waals surface area (Å²) < 4.78 is 18.6. The fourth-order valence-corrected chi connectivity index (χ4v) is 1.41. The molecule has 0 bridgehead atoms. The van der Waals surface area contributed by atoms with Crippen LogP contribution in [0.2, 0.25) is 0 Å². The van der Waals surface area contributed by atoms with Crippen molar-refractivity contribution in [2.45, 2.75) is 32.8 Å². The van der Waals surface area contributed by atoms with Crippen LogP contribution in [0.25, 0.3) is 0 Å². The summed E-state index contributed by atoms with van der Waals surface area (Å²) >= 11 is 0. The first-order chi connectivity index (χ1) is 7.95. The van der Waals surface area contributed by atoms with E-state index in [0.717, 1.165) is 6.07 Å². The molecule has 0 fully saturated rings. The first-order valence-electron chi connectivity index (χ1n) is 5.40. The van der Waals surface area contributed by atoms with Gasteiger partial charge in [-0.1, -0.05) is 13.3 Å². The molecule has 0 spiro atoms. The number of hydrogen-bond donors (Lipinski definition) is 2. The van der Waals surface area contributed by atoms with Crippen molar-refractivity contribution >= 4 is 11.7 Å². The van der Waals surface area contributed by atoms with Crippen LogP contribution in [0, 0.1) is 12.7 Å². The van der Waals surface area contributed by atoms with Gasteiger partial charge in [0.25, 0.3) is 0 Å². The summed E-state index contributed by atoms with van der Waals surface area (Å²) in [5.41, 5.74) is 6.50. The number of halogens is 1. The Morgan fingerprint density at radius 3 is 2.76 bits per heavy atom. The lowest BCUT2D eigenvalue weighted by molar-refractivity contribution is -0.145. The van der Waals surface area contributed by atoms with Crippen LogP contribution in [0.1, 0.15) is 25.3 Å². The molecule has 17 heavy (non-hydrogen) atoms. The van der Waals surface area contributed by atoms with E-state index < -0.39 is 17.9 Å². The zero-order valence-corrected chi connectivity index (χ0v) is 9.87. The van der Waals surface area contributed by atoms with Gasteiger partial charge in [-0.2, -0.15) is 0 Å². The SMILES string of the molecule is CCCC(Oc1cc(C)c(N)cc1F)C(=O)O. The maximum absolute atomic E-state index is 13.5. The number of aryl methyl sites for hydroxylation is 1. The summed E-state index contributed by atoms with van der Waals surface area (Å²) in [5, 5.41) is 8.91. The molecule has 1 aromatic carbocycles. The third-order valence-electron chi connectivity index (χ3n) is 2.42. The molecular weight excluding hydrogens is 225 g/mol. The van der Waals surface area contributed by atoms with Crippen LogP contribution in [-0.2, 0) is 4.79 Å². The van der Waals surface area contributed by atoms with E-state index in [0.29, 0.717) is 24.1 Å². The number of hydrogen-bond acceptors (Lipinski definition) is 3. The second-order valence-electron chi connectivity index (χ2n) is 3.87. The molecule has 0 radical (unpaired) electrons. The summed E-state index contributed by atoms with van der Waals surface area (Å²) in [6.45, 7) is 3.54. The number of nitrogens with two attached hydrogens (primary N) is 1. The molecule has 0 aliphatic carbocycles. The molecular formula is C12H16FNO3. The van der Waals surface area contributed by atoms with Crippen molar-refractivity contribution in [3.8, 4) is 5.75 Å². The highest BCUT2D eigenvalue weighted by molar-refractivity contribution is 5.72. The quantitative estimate of drug-likeness (QED) is 0.776. The van der Waals surface area contributed by atoms with Gasteiger partial charge in [0, 0.05) is 11.8 Å². The van der Waals surface area contributed by atoms with E-state index in [1.54, 1.807) is 6.92 Å². The topological polar surface area (TPSA) is 72.5 Å². The minimum Gasteiger partial charge on any atom is -0.479 e. The Morgan fingerprint density at radius 1 is 1.59 bits per heavy atom. The smallest absolute Gasteiger partial charge is 0.344 e. The van der Waals surface area contributed by atoms with E-state index in [1.807, 2.05) is 6.92 Å². The molecule has 1 aromatic rings. The molecule has 0 saturated carbocycles. The molecule has 0 aliphatic heterocycles. The number of ether oxygens (including phenoxy) is 1. The molecule has 0 aromatic heterocycles. The average molecular weight is 241 g/mol. The molecule has 0 saturated heterocycles. The molecule has 0 amide bonds. The molecule has 1 unspecified atom stereocenters. The summed E-state index contributed by atoms with van der Waals surface area (Å²) in [6.07, 6.45) is -0.0531. The van der Waals surface area contributed by atoms with Crippen molar-refractivity contribution in [3.05, 3.63) is 23.5 Å². The molecule has 5 heteroatoms. The minimum absolute atomic E-state index is 0.0717. The Bertz CT molecular complexity index is 420. The summed E-state index contributed by atoms with van der Waals surface area (Å²) in [7, 11) is 0. The van der Waals surface area contributed by atoms with Crippen LogP contribution >= 0.6 is 0 Å². The Labute approximate surface area is 99.2 Å². The largest absolute Gasteiger partial charge is 0.479 e. The van der Waals surface area contributed by atoms with E-state index in [9.17, 15) is 9.18 Å². The number of carbonyl (C=O) groups is 1. The predicted octanol–water partition coefficient (Wildman–Crippen LogP) is 2.35. The van der Waals surface area contributed by atoms with Crippen LogP contribution in [0.3, 0.4) is 0 Å². The Morgan fingerprint density at radius 2 is 2.24 bits per heavy atom. The molecule has 0 aliphatic rings. The average Bonchev–Trinajstić information content (AvgIpc) is 2.24. The Balaban J connectivity index is 2.93. The standard InChI is InChI=1S/C12H16FNO3/c1-3-4-10(12(15)16)17-11-5-7(2)9(14)6-8(11)13/h5-6,10H,3-4,14H2,1-2H3,(H,15,16). The number of nitrogen functional groups attached to an aromatic ring is 1. The second kappa shape index (κ2) is 5.52. The summed E-state index contributed by atoms with van der Waals surface area (Å²) in [5.74, 6) is -1.81. The first-order valence-corrected chi connectivity index (χ1v) is 5.40. The number of benzene rings is 1. The molecule has 0 heterocycles. The van der Waals surface area contributed by atoms with E-state index >= 15 is 0 Å². The number of carboxylic acids is 1. The van der Waals surface area contributed by atoms with Crippen LogP contribution in [-0.4, -0.2) is 17.2 Å². The minimum atomic E-state index is -1.10. The van der Waals surface area contributed by atoms with Gasteiger partial charge in [0.15, 0.2) is 17.7 Å². The number of aliphatic carboxylic acids is 1. The van der Waals surface area contributed by atoms with Crippen LogP contribution in [0.5, 0.6) is 5.75 Å². The van der Waals surface area contributed by atoms with Gasteiger partial charge in [0.2, 0.25) is 0 Å². The maximum atomic E-state index is 13.5. The lowest BCUT2D eigenvalue weighted by Gasteiger charge is -2.15. The van der Waals surface area contributed by atoms with Crippen molar-refractivity contribution < 1.29 is 19.0 Å². The molecule has 94 valence electrons. The van der Waals surface area contributed by atoms with E-state index in [2.05, 4.69) is 0 Å². The molecule has 1 atom stereocenters. The number of rotatable bonds is 5. The molecule has 4 nitrogen and oxygen atoms in total. The van der Waals surface area contributed by atoms with Gasteiger partial charge in [-0.3, -0.25) is 0 Å². The fraction of sp³-hybridized carbons (Fsp3) is 0.417. The molecule has 1 rings (SSSR count). The maximum Gasteiger partial charge on any atom is 0.344 e.